The van der Waals surface area contributed by atoms with Crippen molar-refractivity contribution >= 4 is 10.8 Å². The van der Waals surface area contributed by atoms with Gasteiger partial charge in [0.1, 0.15) is 17.6 Å². The van der Waals surface area contributed by atoms with E-state index in [1.54, 1.807) is 6.26 Å². The van der Waals surface area contributed by atoms with Gasteiger partial charge in [0, 0.05) is 12.1 Å². The molecular formula is C19H19NO2. The molecule has 1 aliphatic heterocycles. The summed E-state index contributed by atoms with van der Waals surface area (Å²) in [7, 11) is 2.09. The minimum Gasteiger partial charge on any atom is -0.484 e. The second-order valence-electron chi connectivity index (χ2n) is 6.11. The van der Waals surface area contributed by atoms with Gasteiger partial charge in [-0.15, -0.1) is 0 Å². The molecule has 0 spiro atoms. The fraction of sp³-hybridized carbons (Fsp3) is 0.263. The SMILES string of the molecule is Cc1ccc2cc(OC3CN(C)Cc4occc43)ccc2c1. The van der Waals surface area contributed by atoms with Crippen LogP contribution in [0.3, 0.4) is 0 Å². The molecule has 0 N–H and O–H groups in total. The third-order valence-corrected chi connectivity index (χ3v) is 4.26. The fourth-order valence-corrected chi connectivity index (χ4v) is 3.14. The molecule has 0 aliphatic carbocycles. The highest BCUT2D eigenvalue weighted by molar-refractivity contribution is 5.84. The van der Waals surface area contributed by atoms with Crippen molar-refractivity contribution in [1.29, 1.82) is 0 Å². The van der Waals surface area contributed by atoms with Gasteiger partial charge in [0.2, 0.25) is 0 Å². The molecule has 3 aromatic rings. The molecule has 0 saturated heterocycles. The number of hydrogen-bond acceptors (Lipinski definition) is 3. The van der Waals surface area contributed by atoms with Crippen molar-refractivity contribution in [3.05, 3.63) is 65.6 Å². The Kier molecular flexibility index (Phi) is 3.16. The van der Waals surface area contributed by atoms with Crippen LogP contribution in [0.1, 0.15) is 23.0 Å². The van der Waals surface area contributed by atoms with E-state index < -0.39 is 0 Å². The van der Waals surface area contributed by atoms with Crippen LogP contribution in [0, 0.1) is 6.92 Å². The average molecular weight is 293 g/mol. The maximum Gasteiger partial charge on any atom is 0.140 e. The topological polar surface area (TPSA) is 25.6 Å². The molecule has 112 valence electrons. The van der Waals surface area contributed by atoms with Gasteiger partial charge in [-0.2, -0.15) is 0 Å². The molecule has 1 aliphatic rings. The molecule has 0 bridgehead atoms. The summed E-state index contributed by atoms with van der Waals surface area (Å²) in [5.74, 6) is 1.92. The molecule has 3 heteroatoms. The minimum atomic E-state index is 0.0235. The molecule has 4 rings (SSSR count). The van der Waals surface area contributed by atoms with Crippen molar-refractivity contribution in [3.8, 4) is 5.75 Å². The second-order valence-corrected chi connectivity index (χ2v) is 6.11. The number of benzene rings is 2. The molecule has 1 aromatic heterocycles. The second kappa shape index (κ2) is 5.18. The largest absolute Gasteiger partial charge is 0.484 e. The zero-order valence-electron chi connectivity index (χ0n) is 12.9. The molecular weight excluding hydrogens is 274 g/mol. The molecule has 1 atom stereocenters. The van der Waals surface area contributed by atoms with Gasteiger partial charge in [0.15, 0.2) is 0 Å². The van der Waals surface area contributed by atoms with Crippen molar-refractivity contribution in [2.24, 2.45) is 0 Å². The van der Waals surface area contributed by atoms with Crippen LogP contribution in [0.4, 0.5) is 0 Å². The normalized spacial score (nSPS) is 18.4. The Morgan fingerprint density at radius 3 is 2.82 bits per heavy atom. The van der Waals surface area contributed by atoms with Crippen molar-refractivity contribution < 1.29 is 9.15 Å². The lowest BCUT2D eigenvalue weighted by molar-refractivity contribution is 0.120. The molecule has 3 nitrogen and oxygen atoms in total. The van der Waals surface area contributed by atoms with Crippen molar-refractivity contribution in [3.63, 3.8) is 0 Å². The first-order valence-electron chi connectivity index (χ1n) is 7.61. The maximum atomic E-state index is 6.25. The maximum absolute atomic E-state index is 6.25. The summed E-state index contributed by atoms with van der Waals surface area (Å²) < 4.78 is 11.8. The Morgan fingerprint density at radius 2 is 1.91 bits per heavy atom. The Labute approximate surface area is 130 Å². The Hall–Kier alpha value is -2.26. The zero-order chi connectivity index (χ0) is 15.1. The van der Waals surface area contributed by atoms with E-state index in [-0.39, 0.29) is 6.10 Å². The van der Waals surface area contributed by atoms with Gasteiger partial charge in [-0.1, -0.05) is 29.8 Å². The number of fused-ring (bicyclic) bond motifs is 2. The van der Waals surface area contributed by atoms with Crippen molar-refractivity contribution in [2.45, 2.75) is 19.6 Å². The lowest BCUT2D eigenvalue weighted by Crippen LogP contribution is -2.32. The van der Waals surface area contributed by atoms with Crippen LogP contribution in [0.5, 0.6) is 5.75 Å². The number of aryl methyl sites for hydroxylation is 1. The van der Waals surface area contributed by atoms with Crippen LogP contribution < -0.4 is 4.74 Å². The number of furan rings is 1. The van der Waals surface area contributed by atoms with E-state index in [0.29, 0.717) is 0 Å². The monoisotopic (exact) mass is 293 g/mol. The molecule has 2 heterocycles. The first-order chi connectivity index (χ1) is 10.7. The van der Waals surface area contributed by atoms with E-state index in [1.807, 2.05) is 6.07 Å². The lowest BCUT2D eigenvalue weighted by atomic mass is 10.0. The highest BCUT2D eigenvalue weighted by atomic mass is 16.5. The van der Waals surface area contributed by atoms with E-state index in [2.05, 4.69) is 55.3 Å². The molecule has 22 heavy (non-hydrogen) atoms. The predicted octanol–water partition coefficient (Wildman–Crippen LogP) is 4.31. The number of rotatable bonds is 2. The highest BCUT2D eigenvalue weighted by Gasteiger charge is 2.27. The molecule has 0 amide bonds. The first-order valence-corrected chi connectivity index (χ1v) is 7.61. The fourth-order valence-electron chi connectivity index (χ4n) is 3.14. The molecule has 0 fully saturated rings. The number of hydrogen-bond donors (Lipinski definition) is 0. The van der Waals surface area contributed by atoms with Gasteiger partial charge in [0.05, 0.1) is 12.8 Å². The average Bonchev–Trinajstić information content (AvgIpc) is 2.95. The smallest absolute Gasteiger partial charge is 0.140 e. The first kappa shape index (κ1) is 13.4. The van der Waals surface area contributed by atoms with E-state index in [1.165, 1.54) is 21.9 Å². The van der Waals surface area contributed by atoms with Gasteiger partial charge >= 0.3 is 0 Å². The van der Waals surface area contributed by atoms with Crippen LogP contribution in [0.25, 0.3) is 10.8 Å². The van der Waals surface area contributed by atoms with Crippen LogP contribution in [0.15, 0.2) is 53.1 Å². The van der Waals surface area contributed by atoms with Gasteiger partial charge < -0.3 is 9.15 Å². The Morgan fingerprint density at radius 1 is 1.09 bits per heavy atom. The van der Waals surface area contributed by atoms with E-state index in [4.69, 9.17) is 9.15 Å². The van der Waals surface area contributed by atoms with E-state index >= 15 is 0 Å². The summed E-state index contributed by atoms with van der Waals surface area (Å²) in [6.07, 6.45) is 1.78. The molecule has 0 saturated carbocycles. The Balaban J connectivity index is 1.65. The third-order valence-electron chi connectivity index (χ3n) is 4.26. The van der Waals surface area contributed by atoms with E-state index in [9.17, 15) is 0 Å². The van der Waals surface area contributed by atoms with Crippen molar-refractivity contribution in [2.75, 3.05) is 13.6 Å². The molecule has 1 unspecified atom stereocenters. The Bertz CT molecular complexity index is 821. The standard InChI is InChI=1S/C19H19NO2/c1-13-3-4-15-10-16(6-5-14(15)9-13)22-19-12-20(2)11-18-17(19)7-8-21-18/h3-10,19H,11-12H2,1-2H3. The quantitative estimate of drug-likeness (QED) is 0.704. The van der Waals surface area contributed by atoms with Gasteiger partial charge in [0.25, 0.3) is 0 Å². The van der Waals surface area contributed by atoms with Gasteiger partial charge in [-0.05, 0) is 42.9 Å². The van der Waals surface area contributed by atoms with Crippen molar-refractivity contribution in [1.82, 2.24) is 4.90 Å². The molecule has 0 radical (unpaired) electrons. The summed E-state index contributed by atoms with van der Waals surface area (Å²) >= 11 is 0. The lowest BCUT2D eigenvalue weighted by Gasteiger charge is -2.29. The highest BCUT2D eigenvalue weighted by Crippen LogP contribution is 2.32. The van der Waals surface area contributed by atoms with E-state index in [0.717, 1.165) is 24.6 Å². The van der Waals surface area contributed by atoms with Crippen LogP contribution in [-0.2, 0) is 6.54 Å². The van der Waals surface area contributed by atoms with Gasteiger partial charge in [-0.3, -0.25) is 4.90 Å². The number of ether oxygens (including phenoxy) is 1. The zero-order valence-corrected chi connectivity index (χ0v) is 12.9. The third kappa shape index (κ3) is 2.38. The summed E-state index contributed by atoms with van der Waals surface area (Å²) in [5, 5.41) is 2.46. The van der Waals surface area contributed by atoms with Crippen LogP contribution in [0.2, 0.25) is 0 Å². The summed E-state index contributed by atoms with van der Waals surface area (Å²) in [4.78, 5) is 2.22. The van der Waals surface area contributed by atoms with Gasteiger partial charge in [-0.25, -0.2) is 0 Å². The number of nitrogens with zero attached hydrogens (tertiary/aromatic N) is 1. The minimum absolute atomic E-state index is 0.0235. The summed E-state index contributed by atoms with van der Waals surface area (Å²) in [5.41, 5.74) is 2.44. The van der Waals surface area contributed by atoms with Crippen LogP contribution >= 0.6 is 0 Å². The summed E-state index contributed by atoms with van der Waals surface area (Å²) in [6.45, 7) is 3.83. The summed E-state index contributed by atoms with van der Waals surface area (Å²) in [6, 6.07) is 14.8. The van der Waals surface area contributed by atoms with Crippen LogP contribution in [-0.4, -0.2) is 18.5 Å². The predicted molar refractivity (Wildman–Crippen MR) is 87.1 cm³/mol. The number of likely N-dealkylation sites (N-methyl/N-ethyl adjacent to an activating group) is 1. The molecule has 2 aromatic carbocycles.